The third-order valence-electron chi connectivity index (χ3n) is 2.86. The number of nitrogens with two attached hydrogens (primary N) is 1. The molecular formula is C13H17N5O2S. The molecule has 2 rings (SSSR count). The second kappa shape index (κ2) is 7.19. The summed E-state index contributed by atoms with van der Waals surface area (Å²) in [5, 5.41) is 8.64. The fourth-order valence-electron chi connectivity index (χ4n) is 1.69. The van der Waals surface area contributed by atoms with Gasteiger partial charge in [-0.05, 0) is 19.1 Å². The highest BCUT2D eigenvalue weighted by Crippen LogP contribution is 2.26. The zero-order chi connectivity index (χ0) is 15.2. The lowest BCUT2D eigenvalue weighted by Crippen LogP contribution is -2.23. The van der Waals surface area contributed by atoms with Crippen LogP contribution in [0.25, 0.3) is 11.4 Å². The van der Waals surface area contributed by atoms with Gasteiger partial charge in [0.2, 0.25) is 5.91 Å². The summed E-state index contributed by atoms with van der Waals surface area (Å²) in [6, 6.07) is 3.72. The number of primary amides is 1. The van der Waals surface area contributed by atoms with E-state index in [0.29, 0.717) is 24.1 Å². The average molecular weight is 307 g/mol. The molecule has 0 fully saturated rings. The highest BCUT2D eigenvalue weighted by atomic mass is 32.2. The summed E-state index contributed by atoms with van der Waals surface area (Å²) in [5.41, 5.74) is 6.21. The normalized spacial score (nSPS) is 12.3. The Labute approximate surface area is 126 Å². The summed E-state index contributed by atoms with van der Waals surface area (Å²) in [6.45, 7) is 2.86. The summed E-state index contributed by atoms with van der Waals surface area (Å²) < 4.78 is 7.04. The molecule has 1 atom stereocenters. The maximum atomic E-state index is 11.2. The van der Waals surface area contributed by atoms with E-state index in [1.165, 1.54) is 11.8 Å². The molecule has 0 bridgehead atoms. The number of thioether (sulfide) groups is 1. The molecule has 0 saturated heterocycles. The van der Waals surface area contributed by atoms with Gasteiger partial charge in [0.25, 0.3) is 0 Å². The lowest BCUT2D eigenvalue weighted by Gasteiger charge is -2.11. The maximum absolute atomic E-state index is 11.2. The van der Waals surface area contributed by atoms with E-state index < -0.39 is 0 Å². The number of ether oxygens (including phenoxy) is 1. The Kier molecular flexibility index (Phi) is 5.29. The van der Waals surface area contributed by atoms with Gasteiger partial charge in [-0.2, -0.15) is 0 Å². The van der Waals surface area contributed by atoms with Crippen molar-refractivity contribution in [1.82, 2.24) is 19.7 Å². The molecule has 7 nitrogen and oxygen atoms in total. The second-order valence-corrected chi connectivity index (χ2v) is 5.66. The van der Waals surface area contributed by atoms with Crippen molar-refractivity contribution >= 4 is 17.7 Å². The molecule has 2 heterocycles. The first-order valence-electron chi connectivity index (χ1n) is 6.42. The van der Waals surface area contributed by atoms with Gasteiger partial charge in [0.1, 0.15) is 0 Å². The van der Waals surface area contributed by atoms with Gasteiger partial charge in [-0.3, -0.25) is 14.3 Å². The van der Waals surface area contributed by atoms with E-state index >= 15 is 0 Å². The molecule has 0 aliphatic heterocycles. The van der Waals surface area contributed by atoms with Crippen LogP contribution in [0, 0.1) is 0 Å². The van der Waals surface area contributed by atoms with Crippen molar-refractivity contribution in [2.45, 2.75) is 23.9 Å². The van der Waals surface area contributed by atoms with Gasteiger partial charge in [-0.25, -0.2) is 0 Å². The van der Waals surface area contributed by atoms with E-state index in [2.05, 4.69) is 15.2 Å². The molecular weight excluding hydrogens is 290 g/mol. The molecule has 0 saturated carbocycles. The van der Waals surface area contributed by atoms with Gasteiger partial charge >= 0.3 is 0 Å². The smallest absolute Gasteiger partial charge is 0.230 e. The summed E-state index contributed by atoms with van der Waals surface area (Å²) in [4.78, 5) is 15.2. The van der Waals surface area contributed by atoms with Gasteiger partial charge < -0.3 is 10.5 Å². The lowest BCUT2D eigenvalue weighted by atomic mass is 10.2. The Morgan fingerprint density at radius 2 is 2.14 bits per heavy atom. The van der Waals surface area contributed by atoms with E-state index in [9.17, 15) is 4.79 Å². The molecule has 1 amide bonds. The largest absolute Gasteiger partial charge is 0.383 e. The van der Waals surface area contributed by atoms with Gasteiger partial charge in [-0.15, -0.1) is 10.2 Å². The minimum Gasteiger partial charge on any atom is -0.383 e. The predicted octanol–water partition coefficient (Wildman–Crippen LogP) is 0.952. The van der Waals surface area contributed by atoms with Crippen LogP contribution in [0.2, 0.25) is 0 Å². The van der Waals surface area contributed by atoms with Gasteiger partial charge in [0.05, 0.1) is 18.4 Å². The molecule has 0 aromatic carbocycles. The monoisotopic (exact) mass is 307 g/mol. The van der Waals surface area contributed by atoms with Crippen molar-refractivity contribution in [3.8, 4) is 11.4 Å². The molecule has 21 heavy (non-hydrogen) atoms. The second-order valence-electron chi connectivity index (χ2n) is 4.35. The zero-order valence-electron chi connectivity index (χ0n) is 11.9. The average Bonchev–Trinajstić information content (AvgIpc) is 2.88. The van der Waals surface area contributed by atoms with Crippen LogP contribution in [0.15, 0.2) is 29.7 Å². The lowest BCUT2D eigenvalue weighted by molar-refractivity contribution is -0.117. The number of hydrogen-bond donors (Lipinski definition) is 1. The highest BCUT2D eigenvalue weighted by molar-refractivity contribution is 8.00. The van der Waals surface area contributed by atoms with Crippen LogP contribution in [-0.4, -0.2) is 44.6 Å². The summed E-state index contributed by atoms with van der Waals surface area (Å²) in [7, 11) is 1.63. The van der Waals surface area contributed by atoms with E-state index in [0.717, 1.165) is 5.56 Å². The van der Waals surface area contributed by atoms with E-state index in [1.54, 1.807) is 26.4 Å². The van der Waals surface area contributed by atoms with Gasteiger partial charge in [-0.1, -0.05) is 11.8 Å². The fraction of sp³-hybridized carbons (Fsp3) is 0.385. The highest BCUT2D eigenvalue weighted by Gasteiger charge is 2.19. The van der Waals surface area contributed by atoms with Crippen molar-refractivity contribution in [2.75, 3.05) is 13.7 Å². The number of amides is 1. The first kappa shape index (κ1) is 15.5. The van der Waals surface area contributed by atoms with Gasteiger partial charge in [0.15, 0.2) is 11.0 Å². The SMILES string of the molecule is COCCn1c(S[C@@H](C)C(N)=O)nnc1-c1ccncc1. The first-order valence-corrected chi connectivity index (χ1v) is 7.30. The molecule has 2 N–H and O–H groups in total. The Morgan fingerprint density at radius 1 is 1.43 bits per heavy atom. The molecule has 0 spiro atoms. The van der Waals surface area contributed by atoms with Crippen LogP contribution >= 0.6 is 11.8 Å². The molecule has 0 unspecified atom stereocenters. The molecule has 0 radical (unpaired) electrons. The number of carbonyl (C=O) groups is 1. The van der Waals surface area contributed by atoms with Crippen molar-refractivity contribution in [3.63, 3.8) is 0 Å². The molecule has 2 aromatic rings. The number of carbonyl (C=O) groups excluding carboxylic acids is 1. The summed E-state index contributed by atoms with van der Waals surface area (Å²) >= 11 is 1.29. The third kappa shape index (κ3) is 3.79. The number of hydrogen-bond acceptors (Lipinski definition) is 6. The Bertz CT molecular complexity index is 602. The Morgan fingerprint density at radius 3 is 2.76 bits per heavy atom. The summed E-state index contributed by atoms with van der Waals surface area (Å²) in [6.07, 6.45) is 3.40. The van der Waals surface area contributed by atoms with Crippen molar-refractivity contribution in [3.05, 3.63) is 24.5 Å². The minimum atomic E-state index is -0.383. The molecule has 0 aliphatic carbocycles. The van der Waals surface area contributed by atoms with Crippen molar-refractivity contribution < 1.29 is 9.53 Å². The van der Waals surface area contributed by atoms with Crippen molar-refractivity contribution in [1.29, 1.82) is 0 Å². The number of methoxy groups -OCH3 is 1. The van der Waals surface area contributed by atoms with Crippen LogP contribution in [-0.2, 0) is 16.1 Å². The molecule has 0 aliphatic rings. The van der Waals surface area contributed by atoms with E-state index in [1.807, 2.05) is 16.7 Å². The van der Waals surface area contributed by atoms with Crippen LogP contribution in [0.5, 0.6) is 0 Å². The van der Waals surface area contributed by atoms with Crippen molar-refractivity contribution in [2.24, 2.45) is 5.73 Å². The van der Waals surface area contributed by atoms with E-state index in [-0.39, 0.29) is 11.2 Å². The number of nitrogens with zero attached hydrogens (tertiary/aromatic N) is 4. The van der Waals surface area contributed by atoms with Crippen LogP contribution < -0.4 is 5.73 Å². The molecule has 2 aromatic heterocycles. The maximum Gasteiger partial charge on any atom is 0.230 e. The van der Waals surface area contributed by atoms with E-state index in [4.69, 9.17) is 10.5 Å². The number of aromatic nitrogens is 4. The Hall–Kier alpha value is -1.93. The number of rotatable bonds is 7. The zero-order valence-corrected chi connectivity index (χ0v) is 12.7. The molecule has 112 valence electrons. The first-order chi connectivity index (χ1) is 10.1. The summed E-state index contributed by atoms with van der Waals surface area (Å²) in [5.74, 6) is 0.334. The standard InChI is InChI=1S/C13H17N5O2S/c1-9(11(14)19)21-13-17-16-12(18(13)7-8-20-2)10-3-5-15-6-4-10/h3-6,9H,7-8H2,1-2H3,(H2,14,19)/t9-/m0/s1. The van der Waals surface area contributed by atoms with Crippen LogP contribution in [0.3, 0.4) is 0 Å². The number of pyridine rings is 1. The van der Waals surface area contributed by atoms with Crippen LogP contribution in [0.4, 0.5) is 0 Å². The van der Waals surface area contributed by atoms with Gasteiger partial charge in [0, 0.05) is 25.1 Å². The fourth-order valence-corrected chi connectivity index (χ4v) is 2.52. The quantitative estimate of drug-likeness (QED) is 0.765. The third-order valence-corrected chi connectivity index (χ3v) is 3.96. The Balaban J connectivity index is 2.33. The minimum absolute atomic E-state index is 0.374. The predicted molar refractivity (Wildman–Crippen MR) is 79.6 cm³/mol. The molecule has 8 heteroatoms. The topological polar surface area (TPSA) is 95.9 Å². The van der Waals surface area contributed by atoms with Crippen LogP contribution in [0.1, 0.15) is 6.92 Å².